The highest BCUT2D eigenvalue weighted by atomic mass is 28.3. The first-order chi connectivity index (χ1) is 11.7. The van der Waals surface area contributed by atoms with Crippen LogP contribution in [0.15, 0.2) is 12.4 Å². The van der Waals surface area contributed by atoms with Crippen molar-refractivity contribution in [3.05, 3.63) is 18.1 Å². The van der Waals surface area contributed by atoms with E-state index in [0.29, 0.717) is 20.1 Å². The first-order valence-electron chi connectivity index (χ1n) is 8.69. The van der Waals surface area contributed by atoms with E-state index in [9.17, 15) is 0 Å². The quantitative estimate of drug-likeness (QED) is 0.586. The molecule has 2 aromatic rings. The maximum atomic E-state index is 5.94. The maximum Gasteiger partial charge on any atom is 0.155 e. The van der Waals surface area contributed by atoms with Crippen LogP contribution in [0.3, 0.4) is 0 Å². The van der Waals surface area contributed by atoms with Gasteiger partial charge in [0.25, 0.3) is 0 Å². The molecule has 0 saturated carbocycles. The molecule has 132 valence electrons. The summed E-state index contributed by atoms with van der Waals surface area (Å²) in [5.41, 5.74) is 2.07. The Morgan fingerprint density at radius 3 is 3.00 bits per heavy atom. The van der Waals surface area contributed by atoms with Gasteiger partial charge in [-0.05, 0) is 12.5 Å². The van der Waals surface area contributed by atoms with Crippen molar-refractivity contribution in [1.82, 2.24) is 19.7 Å². The van der Waals surface area contributed by atoms with Crippen LogP contribution in [-0.4, -0.2) is 48.4 Å². The number of imidazole rings is 1. The van der Waals surface area contributed by atoms with Crippen molar-refractivity contribution in [3.63, 3.8) is 0 Å². The Labute approximate surface area is 144 Å². The van der Waals surface area contributed by atoms with Gasteiger partial charge < -0.3 is 14.4 Å². The van der Waals surface area contributed by atoms with Gasteiger partial charge in [0.1, 0.15) is 19.3 Å². The second-order valence-corrected chi connectivity index (χ2v) is 9.95. The summed E-state index contributed by atoms with van der Waals surface area (Å²) in [7, 11) is -0.584. The van der Waals surface area contributed by atoms with Crippen molar-refractivity contribution in [3.8, 4) is 11.4 Å². The standard InChI is InChI=1S/C16H27N5O2Si/c1-4-5-20-11-23-10-14-16(20)19-15(13-8-17-18-9-13)21(14)12-22-6-7-24(2)3/h8-9,24H,4-7,10-12H2,1-3H3,(H,17,18). The Balaban J connectivity index is 1.87. The number of nitrogens with one attached hydrogen (secondary N) is 1. The molecule has 1 N–H and O–H groups in total. The van der Waals surface area contributed by atoms with Gasteiger partial charge in [-0.25, -0.2) is 4.98 Å². The van der Waals surface area contributed by atoms with E-state index in [4.69, 9.17) is 14.5 Å². The molecule has 1 aliphatic heterocycles. The van der Waals surface area contributed by atoms with E-state index in [1.54, 1.807) is 6.20 Å². The molecule has 0 fully saturated rings. The van der Waals surface area contributed by atoms with Gasteiger partial charge in [-0.1, -0.05) is 20.0 Å². The molecule has 2 aromatic heterocycles. The molecule has 3 rings (SSSR count). The molecule has 1 aliphatic rings. The third kappa shape index (κ3) is 3.71. The highest BCUT2D eigenvalue weighted by Crippen LogP contribution is 2.31. The van der Waals surface area contributed by atoms with Crippen LogP contribution in [0.25, 0.3) is 11.4 Å². The Kier molecular flexibility index (Phi) is 5.70. The van der Waals surface area contributed by atoms with E-state index in [2.05, 4.69) is 39.7 Å². The molecule has 0 amide bonds. The van der Waals surface area contributed by atoms with Gasteiger partial charge >= 0.3 is 0 Å². The molecule has 8 heteroatoms. The van der Waals surface area contributed by atoms with E-state index in [1.807, 2.05) is 6.20 Å². The number of hydrogen-bond donors (Lipinski definition) is 1. The molecule has 0 radical (unpaired) electrons. The molecular formula is C16H27N5O2Si. The Morgan fingerprint density at radius 2 is 2.29 bits per heavy atom. The van der Waals surface area contributed by atoms with Crippen molar-refractivity contribution in [2.75, 3.05) is 24.8 Å². The van der Waals surface area contributed by atoms with E-state index in [1.165, 1.54) is 6.04 Å². The van der Waals surface area contributed by atoms with E-state index >= 15 is 0 Å². The van der Waals surface area contributed by atoms with Crippen LogP contribution < -0.4 is 4.90 Å². The second-order valence-electron chi connectivity index (χ2n) is 6.58. The first kappa shape index (κ1) is 17.2. The van der Waals surface area contributed by atoms with E-state index in [0.717, 1.165) is 42.5 Å². The first-order valence-corrected chi connectivity index (χ1v) is 11.8. The van der Waals surface area contributed by atoms with Crippen LogP contribution in [0, 0.1) is 0 Å². The highest BCUT2D eigenvalue weighted by molar-refractivity contribution is 6.55. The minimum Gasteiger partial charge on any atom is -0.361 e. The predicted molar refractivity (Wildman–Crippen MR) is 96.7 cm³/mol. The van der Waals surface area contributed by atoms with Crippen molar-refractivity contribution < 1.29 is 9.47 Å². The minimum absolute atomic E-state index is 0.507. The van der Waals surface area contributed by atoms with E-state index < -0.39 is 8.80 Å². The monoisotopic (exact) mass is 349 g/mol. The fraction of sp³-hybridized carbons (Fsp3) is 0.625. The number of fused-ring (bicyclic) bond motifs is 1. The zero-order chi connectivity index (χ0) is 16.9. The zero-order valence-corrected chi connectivity index (χ0v) is 15.9. The average Bonchev–Trinajstić information content (AvgIpc) is 3.20. The largest absolute Gasteiger partial charge is 0.361 e. The van der Waals surface area contributed by atoms with Crippen LogP contribution in [0.5, 0.6) is 0 Å². The minimum atomic E-state index is -0.584. The predicted octanol–water partition coefficient (Wildman–Crippen LogP) is 2.44. The molecule has 0 spiro atoms. The highest BCUT2D eigenvalue weighted by Gasteiger charge is 2.26. The van der Waals surface area contributed by atoms with Crippen LogP contribution in [-0.2, 0) is 22.8 Å². The summed E-state index contributed by atoms with van der Waals surface area (Å²) >= 11 is 0. The summed E-state index contributed by atoms with van der Waals surface area (Å²) in [4.78, 5) is 7.08. The lowest BCUT2D eigenvalue weighted by Gasteiger charge is -2.27. The Morgan fingerprint density at radius 1 is 1.42 bits per heavy atom. The van der Waals surface area contributed by atoms with Gasteiger partial charge in [-0.2, -0.15) is 5.10 Å². The lowest BCUT2D eigenvalue weighted by Crippen LogP contribution is -2.32. The van der Waals surface area contributed by atoms with Crippen molar-refractivity contribution in [1.29, 1.82) is 0 Å². The number of aromatic amines is 1. The number of anilines is 1. The molecule has 7 nitrogen and oxygen atoms in total. The normalized spacial score (nSPS) is 14.4. The lowest BCUT2D eigenvalue weighted by atomic mass is 10.3. The topological polar surface area (TPSA) is 68.2 Å². The zero-order valence-electron chi connectivity index (χ0n) is 14.8. The number of aromatic nitrogens is 4. The number of H-pyrrole nitrogens is 1. The second kappa shape index (κ2) is 7.95. The lowest BCUT2D eigenvalue weighted by molar-refractivity contribution is 0.0698. The summed E-state index contributed by atoms with van der Waals surface area (Å²) in [6, 6.07) is 1.19. The summed E-state index contributed by atoms with van der Waals surface area (Å²) < 4.78 is 13.8. The maximum absolute atomic E-state index is 5.94. The van der Waals surface area contributed by atoms with Gasteiger partial charge in [-0.3, -0.25) is 9.67 Å². The van der Waals surface area contributed by atoms with Gasteiger partial charge in [0.15, 0.2) is 5.82 Å². The molecule has 0 unspecified atom stereocenters. The van der Waals surface area contributed by atoms with Gasteiger partial charge in [0.2, 0.25) is 0 Å². The van der Waals surface area contributed by atoms with Crippen LogP contribution in [0.2, 0.25) is 19.1 Å². The van der Waals surface area contributed by atoms with Gasteiger partial charge in [0, 0.05) is 28.1 Å². The summed E-state index contributed by atoms with van der Waals surface area (Å²) in [6.07, 6.45) is 4.74. The van der Waals surface area contributed by atoms with Crippen LogP contribution in [0.4, 0.5) is 5.82 Å². The van der Waals surface area contributed by atoms with Gasteiger partial charge in [-0.15, -0.1) is 0 Å². The van der Waals surface area contributed by atoms with E-state index in [-0.39, 0.29) is 0 Å². The molecule has 0 saturated heterocycles. The number of hydrogen-bond acceptors (Lipinski definition) is 5. The molecule has 24 heavy (non-hydrogen) atoms. The smallest absolute Gasteiger partial charge is 0.155 e. The van der Waals surface area contributed by atoms with Crippen molar-refractivity contribution >= 4 is 14.6 Å². The van der Waals surface area contributed by atoms with Crippen molar-refractivity contribution in [2.45, 2.75) is 45.8 Å². The molecule has 0 aliphatic carbocycles. The fourth-order valence-corrected chi connectivity index (χ4v) is 3.47. The average molecular weight is 350 g/mol. The van der Waals surface area contributed by atoms with Crippen molar-refractivity contribution in [2.24, 2.45) is 0 Å². The summed E-state index contributed by atoms with van der Waals surface area (Å²) in [5, 5.41) is 6.93. The summed E-state index contributed by atoms with van der Waals surface area (Å²) in [6.45, 7) is 10.3. The SMILES string of the molecule is CCCN1COCc2c1nc(-c1cn[nH]c1)n2COCC[SiH](C)C. The van der Waals surface area contributed by atoms with Crippen LogP contribution >= 0.6 is 0 Å². The number of ether oxygens (including phenoxy) is 2. The third-order valence-corrected chi connectivity index (χ3v) is 5.54. The molecule has 3 heterocycles. The molecular weight excluding hydrogens is 322 g/mol. The fourth-order valence-electron chi connectivity index (χ4n) is 2.83. The molecule has 0 bridgehead atoms. The van der Waals surface area contributed by atoms with Crippen LogP contribution in [0.1, 0.15) is 19.0 Å². The third-order valence-electron chi connectivity index (χ3n) is 4.15. The molecule has 0 aromatic carbocycles. The van der Waals surface area contributed by atoms with Gasteiger partial charge in [0.05, 0.1) is 24.1 Å². The Hall–Kier alpha value is -1.64. The summed E-state index contributed by atoms with van der Waals surface area (Å²) in [5.74, 6) is 1.91. The molecule has 0 atom stereocenters. The Bertz CT molecular complexity index is 641. The number of rotatable bonds is 8. The number of nitrogens with zero attached hydrogens (tertiary/aromatic N) is 4.